The molecule has 0 radical (unpaired) electrons. The van der Waals surface area contributed by atoms with E-state index in [0.717, 1.165) is 32.4 Å². The molecule has 0 amide bonds. The van der Waals surface area contributed by atoms with Crippen molar-refractivity contribution in [3.63, 3.8) is 0 Å². The van der Waals surface area contributed by atoms with Gasteiger partial charge in [0.25, 0.3) is 0 Å². The molecular formula is C20H14ClF7O5S. The number of hydrogen-bond acceptors (Lipinski definition) is 6. The van der Waals surface area contributed by atoms with E-state index in [2.05, 4.69) is 9.47 Å². The third-order valence-electron chi connectivity index (χ3n) is 4.20. The van der Waals surface area contributed by atoms with E-state index in [0.29, 0.717) is 6.07 Å². The lowest BCUT2D eigenvalue weighted by molar-refractivity contribution is -0.158. The van der Waals surface area contributed by atoms with Gasteiger partial charge in [-0.15, -0.1) is 0 Å². The second kappa shape index (κ2) is 10.7. The first-order valence-corrected chi connectivity index (χ1v) is 10.1. The SMILES string of the molecule is COC(=O)C(Cc1cc(Oc2c(F)cc(C(F)(F)F)cc2Cl)ccc1SC(F)(F)F)C(=O)OC. The fourth-order valence-electron chi connectivity index (χ4n) is 2.71. The molecule has 0 saturated heterocycles. The molecule has 0 unspecified atom stereocenters. The number of halogens is 8. The minimum Gasteiger partial charge on any atom is -0.468 e. The van der Waals surface area contributed by atoms with Crippen LogP contribution in [0.15, 0.2) is 35.2 Å². The topological polar surface area (TPSA) is 61.8 Å². The van der Waals surface area contributed by atoms with Gasteiger partial charge in [0.1, 0.15) is 5.75 Å². The van der Waals surface area contributed by atoms with E-state index in [1.807, 2.05) is 0 Å². The molecule has 0 bridgehead atoms. The Bertz CT molecular complexity index is 1030. The monoisotopic (exact) mass is 534 g/mol. The van der Waals surface area contributed by atoms with Crippen molar-refractivity contribution in [1.82, 2.24) is 0 Å². The van der Waals surface area contributed by atoms with Crippen molar-refractivity contribution in [2.24, 2.45) is 5.92 Å². The molecule has 34 heavy (non-hydrogen) atoms. The number of rotatable bonds is 7. The van der Waals surface area contributed by atoms with Crippen LogP contribution in [0, 0.1) is 11.7 Å². The minimum atomic E-state index is -4.89. The maximum Gasteiger partial charge on any atom is 0.446 e. The van der Waals surface area contributed by atoms with E-state index in [-0.39, 0.29) is 17.4 Å². The number of benzene rings is 2. The summed E-state index contributed by atoms with van der Waals surface area (Å²) in [6, 6.07) is 3.42. The molecule has 2 aromatic rings. The Hall–Kier alpha value is -2.67. The lowest BCUT2D eigenvalue weighted by Crippen LogP contribution is -2.28. The van der Waals surface area contributed by atoms with Crippen molar-refractivity contribution in [3.8, 4) is 11.5 Å². The van der Waals surface area contributed by atoms with Crippen molar-refractivity contribution in [1.29, 1.82) is 0 Å². The summed E-state index contributed by atoms with van der Waals surface area (Å²) in [5.41, 5.74) is -6.35. The zero-order chi connectivity index (χ0) is 25.8. The van der Waals surface area contributed by atoms with Crippen LogP contribution in [-0.2, 0) is 31.7 Å². The highest BCUT2D eigenvalue weighted by Crippen LogP contribution is 2.42. The first-order valence-electron chi connectivity index (χ1n) is 8.94. The van der Waals surface area contributed by atoms with E-state index in [9.17, 15) is 40.3 Å². The van der Waals surface area contributed by atoms with E-state index in [1.165, 1.54) is 0 Å². The number of carbonyl (C=O) groups is 2. The molecule has 0 spiro atoms. The number of thioether (sulfide) groups is 1. The standard InChI is InChI=1S/C20H14ClF7O5S/c1-31-17(29)12(18(30)32-2)6-9-5-11(3-4-15(9)34-20(26,27)28)33-16-13(21)7-10(8-14(16)22)19(23,24)25/h3-5,7-8,12H,6H2,1-2H3. The van der Waals surface area contributed by atoms with Gasteiger partial charge in [-0.3, -0.25) is 9.59 Å². The lowest BCUT2D eigenvalue weighted by Gasteiger charge is -2.18. The van der Waals surface area contributed by atoms with Gasteiger partial charge in [-0.05, 0) is 54.1 Å². The minimum absolute atomic E-state index is 0.139. The molecule has 0 N–H and O–H groups in total. The molecule has 5 nitrogen and oxygen atoms in total. The average Bonchev–Trinajstić information content (AvgIpc) is 2.73. The molecule has 0 heterocycles. The number of hydrogen-bond donors (Lipinski definition) is 0. The summed E-state index contributed by atoms with van der Waals surface area (Å²) in [6.07, 6.45) is -5.50. The van der Waals surface area contributed by atoms with Gasteiger partial charge < -0.3 is 14.2 Å². The zero-order valence-electron chi connectivity index (χ0n) is 17.1. The zero-order valence-corrected chi connectivity index (χ0v) is 18.7. The second-order valence-electron chi connectivity index (χ2n) is 6.49. The fourth-order valence-corrected chi connectivity index (χ4v) is 3.61. The normalized spacial score (nSPS) is 12.0. The van der Waals surface area contributed by atoms with E-state index in [4.69, 9.17) is 16.3 Å². The third-order valence-corrected chi connectivity index (χ3v) is 5.33. The van der Waals surface area contributed by atoms with Crippen molar-refractivity contribution in [3.05, 3.63) is 52.3 Å². The van der Waals surface area contributed by atoms with Gasteiger partial charge in [0.15, 0.2) is 17.5 Å². The Kier molecular flexibility index (Phi) is 8.70. The lowest BCUT2D eigenvalue weighted by atomic mass is 9.99. The predicted octanol–water partition coefficient (Wildman–Crippen LogP) is 6.41. The van der Waals surface area contributed by atoms with Crippen LogP contribution in [0.2, 0.25) is 5.02 Å². The largest absolute Gasteiger partial charge is 0.468 e. The first-order chi connectivity index (χ1) is 15.7. The van der Waals surface area contributed by atoms with Crippen LogP contribution in [0.3, 0.4) is 0 Å². The van der Waals surface area contributed by atoms with Gasteiger partial charge in [0.05, 0.1) is 24.8 Å². The maximum atomic E-state index is 14.3. The summed E-state index contributed by atoms with van der Waals surface area (Å²) in [5.74, 6) is -6.41. The molecule has 0 aliphatic carbocycles. The number of alkyl halides is 6. The van der Waals surface area contributed by atoms with Crippen molar-refractivity contribution < 1.29 is 54.5 Å². The summed E-state index contributed by atoms with van der Waals surface area (Å²) in [6.45, 7) is 0. The summed E-state index contributed by atoms with van der Waals surface area (Å²) in [5, 5.41) is -0.746. The molecule has 0 fully saturated rings. The van der Waals surface area contributed by atoms with Gasteiger partial charge in [0.2, 0.25) is 0 Å². The first kappa shape index (κ1) is 27.6. The van der Waals surface area contributed by atoms with Crippen LogP contribution in [0.4, 0.5) is 30.7 Å². The fraction of sp³-hybridized carbons (Fsp3) is 0.300. The van der Waals surface area contributed by atoms with Gasteiger partial charge in [-0.2, -0.15) is 26.3 Å². The van der Waals surface area contributed by atoms with E-state index in [1.54, 1.807) is 0 Å². The Balaban J connectivity index is 2.50. The van der Waals surface area contributed by atoms with Crippen molar-refractivity contribution in [2.75, 3.05) is 14.2 Å². The number of carbonyl (C=O) groups excluding carboxylic acids is 2. The van der Waals surface area contributed by atoms with Crippen LogP contribution >= 0.6 is 23.4 Å². The molecule has 14 heteroatoms. The molecule has 186 valence electrons. The molecule has 0 aliphatic rings. The Morgan fingerprint density at radius 3 is 2.06 bits per heavy atom. The van der Waals surface area contributed by atoms with Crippen LogP contribution in [0.5, 0.6) is 11.5 Å². The van der Waals surface area contributed by atoms with Crippen molar-refractivity contribution >= 4 is 35.3 Å². The Labute approximate surface area is 197 Å². The Morgan fingerprint density at radius 2 is 1.59 bits per heavy atom. The highest BCUT2D eigenvalue weighted by atomic mass is 35.5. The summed E-state index contributed by atoms with van der Waals surface area (Å²) < 4.78 is 106. The average molecular weight is 535 g/mol. The number of ether oxygens (including phenoxy) is 3. The molecule has 2 aromatic carbocycles. The molecular weight excluding hydrogens is 521 g/mol. The smallest absolute Gasteiger partial charge is 0.446 e. The van der Waals surface area contributed by atoms with Gasteiger partial charge >= 0.3 is 23.6 Å². The number of methoxy groups -OCH3 is 2. The van der Waals surface area contributed by atoms with E-state index < -0.39 is 74.8 Å². The quantitative estimate of drug-likeness (QED) is 0.177. The summed E-state index contributed by atoms with van der Waals surface area (Å²) in [7, 11) is 1.91. The second-order valence-corrected chi connectivity index (χ2v) is 8.00. The van der Waals surface area contributed by atoms with Crippen LogP contribution in [0.1, 0.15) is 11.1 Å². The summed E-state index contributed by atoms with van der Waals surface area (Å²) in [4.78, 5) is 23.5. The molecule has 0 atom stereocenters. The van der Waals surface area contributed by atoms with Crippen LogP contribution in [0.25, 0.3) is 0 Å². The Morgan fingerprint density at radius 1 is 1.00 bits per heavy atom. The van der Waals surface area contributed by atoms with Crippen LogP contribution < -0.4 is 4.74 Å². The van der Waals surface area contributed by atoms with Crippen LogP contribution in [-0.4, -0.2) is 31.7 Å². The third kappa shape index (κ3) is 7.16. The molecule has 0 aliphatic heterocycles. The predicted molar refractivity (Wildman–Crippen MR) is 106 cm³/mol. The van der Waals surface area contributed by atoms with Gasteiger partial charge in [-0.1, -0.05) is 11.6 Å². The highest BCUT2D eigenvalue weighted by molar-refractivity contribution is 8.00. The number of esters is 2. The molecule has 0 aromatic heterocycles. The highest BCUT2D eigenvalue weighted by Gasteiger charge is 2.35. The van der Waals surface area contributed by atoms with Gasteiger partial charge in [-0.25, -0.2) is 4.39 Å². The van der Waals surface area contributed by atoms with E-state index >= 15 is 0 Å². The van der Waals surface area contributed by atoms with Crippen molar-refractivity contribution in [2.45, 2.75) is 23.0 Å². The molecule has 0 saturated carbocycles. The van der Waals surface area contributed by atoms with Gasteiger partial charge in [0, 0.05) is 4.90 Å². The molecule has 2 rings (SSSR count). The maximum absolute atomic E-state index is 14.3. The summed E-state index contributed by atoms with van der Waals surface area (Å²) >= 11 is 5.16.